The van der Waals surface area contributed by atoms with Gasteiger partial charge in [0.15, 0.2) is 0 Å². The Morgan fingerprint density at radius 3 is 2.19 bits per heavy atom. The Morgan fingerprint density at radius 2 is 1.67 bits per heavy atom. The van der Waals surface area contributed by atoms with Crippen LogP contribution in [0.3, 0.4) is 0 Å². The molecule has 0 aliphatic rings. The van der Waals surface area contributed by atoms with E-state index in [1.54, 1.807) is 18.3 Å². The molecule has 0 spiro atoms. The lowest BCUT2D eigenvalue weighted by Crippen LogP contribution is -2.17. The topological polar surface area (TPSA) is 59.1 Å². The van der Waals surface area contributed by atoms with Crippen molar-refractivity contribution >= 4 is 31.6 Å². The minimum absolute atomic E-state index is 0.343. The van der Waals surface area contributed by atoms with Gasteiger partial charge in [-0.05, 0) is 78.0 Å². The summed E-state index contributed by atoms with van der Waals surface area (Å²) in [5, 5.41) is 0. The van der Waals surface area contributed by atoms with Crippen LogP contribution < -0.4 is 4.72 Å². The van der Waals surface area contributed by atoms with Crippen LogP contribution in [0.1, 0.15) is 22.3 Å². The summed E-state index contributed by atoms with van der Waals surface area (Å²) in [6, 6.07) is 5.36. The van der Waals surface area contributed by atoms with Gasteiger partial charge in [-0.2, -0.15) is 0 Å². The molecule has 0 fully saturated rings. The zero-order valence-corrected chi connectivity index (χ0v) is 14.8. The summed E-state index contributed by atoms with van der Waals surface area (Å²) in [4.78, 5) is 4.37. The number of hydrogen-bond acceptors (Lipinski definition) is 3. The van der Waals surface area contributed by atoms with E-state index in [0.717, 1.165) is 22.3 Å². The smallest absolute Gasteiger partial charge is 0.262 e. The number of hydrogen-bond donors (Lipinski definition) is 1. The first-order valence-electron chi connectivity index (χ1n) is 6.45. The van der Waals surface area contributed by atoms with Crippen LogP contribution in [0.25, 0.3) is 0 Å². The van der Waals surface area contributed by atoms with Crippen LogP contribution in [0.15, 0.2) is 33.9 Å². The summed E-state index contributed by atoms with van der Waals surface area (Å²) in [6.45, 7) is 7.49. The molecule has 1 aromatic carbocycles. The normalized spacial score (nSPS) is 11.5. The van der Waals surface area contributed by atoms with E-state index in [4.69, 9.17) is 0 Å². The van der Waals surface area contributed by atoms with Crippen LogP contribution in [-0.2, 0) is 10.0 Å². The molecule has 0 saturated carbocycles. The Hall–Kier alpha value is -1.40. The maximum atomic E-state index is 12.7. The Balaban J connectivity index is 2.58. The van der Waals surface area contributed by atoms with Gasteiger partial charge in [-0.15, -0.1) is 0 Å². The van der Waals surface area contributed by atoms with E-state index in [-0.39, 0.29) is 0 Å². The molecule has 6 heteroatoms. The molecule has 2 aromatic rings. The summed E-state index contributed by atoms with van der Waals surface area (Å²) in [5.74, 6) is 0. The highest BCUT2D eigenvalue weighted by atomic mass is 79.9. The molecule has 0 saturated heterocycles. The lowest BCUT2D eigenvalue weighted by Gasteiger charge is -2.17. The Kier molecular flexibility index (Phi) is 4.39. The molecular weight excluding hydrogens is 352 g/mol. The highest BCUT2D eigenvalue weighted by Gasteiger charge is 2.22. The first kappa shape index (κ1) is 16.0. The van der Waals surface area contributed by atoms with Crippen molar-refractivity contribution < 1.29 is 8.42 Å². The largest absolute Gasteiger partial charge is 0.277 e. The first-order valence-corrected chi connectivity index (χ1v) is 8.72. The molecule has 0 amide bonds. The van der Waals surface area contributed by atoms with Gasteiger partial charge in [-0.3, -0.25) is 4.72 Å². The molecule has 0 unspecified atom stereocenters. The van der Waals surface area contributed by atoms with Gasteiger partial charge in [-0.1, -0.05) is 6.07 Å². The van der Waals surface area contributed by atoms with Gasteiger partial charge in [0, 0.05) is 6.20 Å². The van der Waals surface area contributed by atoms with E-state index in [2.05, 4.69) is 25.6 Å². The number of rotatable bonds is 3. The monoisotopic (exact) mass is 368 g/mol. The second-order valence-electron chi connectivity index (χ2n) is 5.04. The van der Waals surface area contributed by atoms with Crippen molar-refractivity contribution in [3.8, 4) is 0 Å². The fourth-order valence-electron chi connectivity index (χ4n) is 2.24. The summed E-state index contributed by atoms with van der Waals surface area (Å²) < 4.78 is 28.5. The van der Waals surface area contributed by atoms with E-state index in [9.17, 15) is 8.42 Å². The van der Waals surface area contributed by atoms with Gasteiger partial charge in [0.25, 0.3) is 10.0 Å². The highest BCUT2D eigenvalue weighted by molar-refractivity contribution is 9.10. The molecule has 2 rings (SSSR count). The number of aromatic nitrogens is 1. The number of nitrogens with one attached hydrogen (secondary N) is 1. The molecule has 0 radical (unpaired) electrons. The standard InChI is InChI=1S/C15H17BrN2O2S/c1-9-8-10(2)12(4)14(11(9)3)21(19,20)18-13-6-5-7-17-15(13)16/h5-8,18H,1-4H3. The van der Waals surface area contributed by atoms with E-state index >= 15 is 0 Å². The zero-order valence-electron chi connectivity index (χ0n) is 12.4. The van der Waals surface area contributed by atoms with Crippen molar-refractivity contribution in [3.05, 3.63) is 51.3 Å². The second kappa shape index (κ2) is 5.77. The van der Waals surface area contributed by atoms with Crippen molar-refractivity contribution in [3.63, 3.8) is 0 Å². The predicted molar refractivity (Wildman–Crippen MR) is 88.1 cm³/mol. The summed E-state index contributed by atoms with van der Waals surface area (Å²) in [5.41, 5.74) is 3.89. The number of aryl methyl sites for hydroxylation is 2. The fourth-order valence-corrected chi connectivity index (χ4v) is 4.41. The quantitative estimate of drug-likeness (QED) is 0.836. The lowest BCUT2D eigenvalue weighted by molar-refractivity contribution is 0.599. The minimum atomic E-state index is -3.66. The third-order valence-electron chi connectivity index (χ3n) is 3.57. The average Bonchev–Trinajstić information content (AvgIpc) is 2.39. The van der Waals surface area contributed by atoms with Crippen LogP contribution in [0.2, 0.25) is 0 Å². The van der Waals surface area contributed by atoms with Crippen molar-refractivity contribution in [2.45, 2.75) is 32.6 Å². The van der Waals surface area contributed by atoms with E-state index in [1.165, 1.54) is 0 Å². The molecule has 112 valence electrons. The number of anilines is 1. The predicted octanol–water partition coefficient (Wildman–Crippen LogP) is 3.88. The molecule has 1 N–H and O–H groups in total. The highest BCUT2D eigenvalue weighted by Crippen LogP contribution is 2.29. The van der Waals surface area contributed by atoms with Crippen molar-refractivity contribution in [2.24, 2.45) is 0 Å². The molecule has 1 heterocycles. The summed E-state index contributed by atoms with van der Waals surface area (Å²) >= 11 is 3.25. The van der Waals surface area contributed by atoms with Gasteiger partial charge < -0.3 is 0 Å². The van der Waals surface area contributed by atoms with Gasteiger partial charge in [-0.25, -0.2) is 13.4 Å². The third-order valence-corrected chi connectivity index (χ3v) is 5.84. The van der Waals surface area contributed by atoms with Crippen molar-refractivity contribution in [1.29, 1.82) is 0 Å². The van der Waals surface area contributed by atoms with Gasteiger partial charge in [0.2, 0.25) is 0 Å². The Labute approximate surface area is 133 Å². The van der Waals surface area contributed by atoms with E-state index in [0.29, 0.717) is 15.2 Å². The fraction of sp³-hybridized carbons (Fsp3) is 0.267. The first-order chi connectivity index (χ1) is 9.74. The molecule has 21 heavy (non-hydrogen) atoms. The van der Waals surface area contributed by atoms with Crippen molar-refractivity contribution in [1.82, 2.24) is 4.98 Å². The van der Waals surface area contributed by atoms with Gasteiger partial charge in [0.1, 0.15) is 4.60 Å². The molecule has 0 aliphatic carbocycles. The van der Waals surface area contributed by atoms with Gasteiger partial charge in [0.05, 0.1) is 10.6 Å². The molecule has 0 aliphatic heterocycles. The minimum Gasteiger partial charge on any atom is -0.277 e. The molecule has 0 atom stereocenters. The average molecular weight is 369 g/mol. The van der Waals surface area contributed by atoms with Crippen molar-refractivity contribution in [2.75, 3.05) is 4.72 Å². The SMILES string of the molecule is Cc1cc(C)c(C)c(S(=O)(=O)Nc2cccnc2Br)c1C. The number of halogens is 1. The number of benzene rings is 1. The van der Waals surface area contributed by atoms with E-state index in [1.807, 2.05) is 33.8 Å². The summed E-state index contributed by atoms with van der Waals surface area (Å²) in [7, 11) is -3.66. The molecule has 0 bridgehead atoms. The molecule has 4 nitrogen and oxygen atoms in total. The number of sulfonamides is 1. The van der Waals surface area contributed by atoms with E-state index < -0.39 is 10.0 Å². The lowest BCUT2D eigenvalue weighted by atomic mass is 10.0. The number of pyridine rings is 1. The van der Waals surface area contributed by atoms with Crippen LogP contribution >= 0.6 is 15.9 Å². The molecule has 1 aromatic heterocycles. The maximum absolute atomic E-state index is 12.7. The van der Waals surface area contributed by atoms with Gasteiger partial charge >= 0.3 is 0 Å². The second-order valence-corrected chi connectivity index (χ2v) is 7.41. The third kappa shape index (κ3) is 3.11. The Morgan fingerprint density at radius 1 is 1.10 bits per heavy atom. The zero-order chi connectivity index (χ0) is 15.8. The van der Waals surface area contributed by atoms with Crippen LogP contribution in [0.4, 0.5) is 5.69 Å². The van der Waals surface area contributed by atoms with Crippen LogP contribution in [0, 0.1) is 27.7 Å². The summed E-state index contributed by atoms with van der Waals surface area (Å²) in [6.07, 6.45) is 1.59. The maximum Gasteiger partial charge on any atom is 0.262 e. The molecular formula is C15H17BrN2O2S. The Bertz CT molecular complexity index is 775. The van der Waals surface area contributed by atoms with Crippen LogP contribution in [0.5, 0.6) is 0 Å². The number of nitrogens with zero attached hydrogens (tertiary/aromatic N) is 1. The van der Waals surface area contributed by atoms with Crippen LogP contribution in [-0.4, -0.2) is 13.4 Å².